The van der Waals surface area contributed by atoms with Gasteiger partial charge in [0.2, 0.25) is 0 Å². The molecule has 0 N–H and O–H groups in total. The van der Waals surface area contributed by atoms with Crippen molar-refractivity contribution in [1.29, 1.82) is 0 Å². The zero-order valence-corrected chi connectivity index (χ0v) is 16.2. The first-order chi connectivity index (χ1) is 13.0. The van der Waals surface area contributed by atoms with Gasteiger partial charge in [-0.25, -0.2) is 9.37 Å². The third kappa shape index (κ3) is 3.98. The highest BCUT2D eigenvalue weighted by atomic mass is 32.2. The molecular formula is C20H20FN3O2S. The molecule has 0 unspecified atom stereocenters. The van der Waals surface area contributed by atoms with Crippen LogP contribution in [0.15, 0.2) is 59.9 Å². The molecule has 3 aromatic rings. The topological polar surface area (TPSA) is 47.4 Å². The van der Waals surface area contributed by atoms with E-state index in [4.69, 9.17) is 4.74 Å². The van der Waals surface area contributed by atoms with E-state index < -0.39 is 5.82 Å². The predicted molar refractivity (Wildman–Crippen MR) is 104 cm³/mol. The van der Waals surface area contributed by atoms with Crippen LogP contribution in [0.2, 0.25) is 0 Å². The van der Waals surface area contributed by atoms with Gasteiger partial charge in [-0.15, -0.1) is 0 Å². The van der Waals surface area contributed by atoms with Crippen LogP contribution in [-0.4, -0.2) is 40.8 Å². The Hall–Kier alpha value is -2.80. The number of para-hydroxylation sites is 1. The maximum atomic E-state index is 13.9. The van der Waals surface area contributed by atoms with Gasteiger partial charge in [0.05, 0.1) is 13.3 Å². The lowest BCUT2D eigenvalue weighted by atomic mass is 10.2. The lowest BCUT2D eigenvalue weighted by Gasteiger charge is -2.19. The van der Waals surface area contributed by atoms with Crippen molar-refractivity contribution in [2.75, 3.05) is 20.4 Å². The van der Waals surface area contributed by atoms with Gasteiger partial charge in [0.15, 0.2) is 16.7 Å². The molecule has 1 heterocycles. The zero-order chi connectivity index (χ0) is 19.4. The number of rotatable bonds is 6. The normalized spacial score (nSPS) is 10.7. The van der Waals surface area contributed by atoms with Crippen LogP contribution < -0.4 is 4.74 Å². The van der Waals surface area contributed by atoms with Crippen molar-refractivity contribution < 1.29 is 13.9 Å². The van der Waals surface area contributed by atoms with E-state index in [-0.39, 0.29) is 18.2 Å². The molecule has 0 radical (unpaired) electrons. The number of amides is 1. The number of methoxy groups -OCH3 is 1. The number of hydrogen-bond acceptors (Lipinski definition) is 4. The number of carbonyl (C=O) groups is 1. The van der Waals surface area contributed by atoms with Crippen LogP contribution in [0.4, 0.5) is 4.39 Å². The quantitative estimate of drug-likeness (QED) is 0.602. The average molecular weight is 385 g/mol. The molecule has 1 aromatic heterocycles. The summed E-state index contributed by atoms with van der Waals surface area (Å²) in [6.07, 6.45) is 3.49. The highest BCUT2D eigenvalue weighted by molar-refractivity contribution is 7.98. The molecule has 0 atom stereocenters. The van der Waals surface area contributed by atoms with E-state index in [1.54, 1.807) is 30.3 Å². The third-order valence-corrected chi connectivity index (χ3v) is 4.78. The molecule has 3 rings (SSSR count). The summed E-state index contributed by atoms with van der Waals surface area (Å²) in [5, 5.41) is 0.730. The first-order valence-corrected chi connectivity index (χ1v) is 9.52. The molecule has 7 heteroatoms. The lowest BCUT2D eigenvalue weighted by molar-refractivity contribution is 0.0776. The van der Waals surface area contributed by atoms with Crippen molar-refractivity contribution >= 4 is 17.7 Å². The van der Waals surface area contributed by atoms with Gasteiger partial charge in [0.1, 0.15) is 5.69 Å². The average Bonchev–Trinajstić information content (AvgIpc) is 3.12. The zero-order valence-electron chi connectivity index (χ0n) is 15.3. The molecule has 0 bridgehead atoms. The van der Waals surface area contributed by atoms with Gasteiger partial charge in [-0.3, -0.25) is 9.36 Å². The first-order valence-electron chi connectivity index (χ1n) is 8.30. The maximum Gasteiger partial charge on any atom is 0.272 e. The Labute approximate surface area is 161 Å². The van der Waals surface area contributed by atoms with Crippen LogP contribution in [-0.2, 0) is 6.54 Å². The number of ether oxygens (including phenoxy) is 1. The molecule has 2 aromatic carbocycles. The molecule has 1 amide bonds. The summed E-state index contributed by atoms with van der Waals surface area (Å²) in [4.78, 5) is 18.9. The highest BCUT2D eigenvalue weighted by Crippen LogP contribution is 2.23. The second kappa shape index (κ2) is 8.26. The molecule has 0 saturated heterocycles. The summed E-state index contributed by atoms with van der Waals surface area (Å²) in [5.74, 6) is -0.461. The number of halogens is 1. The second-order valence-electron chi connectivity index (χ2n) is 5.93. The first kappa shape index (κ1) is 19.0. The van der Waals surface area contributed by atoms with Crippen molar-refractivity contribution in [3.8, 4) is 11.4 Å². The number of thioether (sulfide) groups is 1. The fraction of sp³-hybridized carbons (Fsp3) is 0.200. The monoisotopic (exact) mass is 385 g/mol. The summed E-state index contributed by atoms with van der Waals surface area (Å²) in [5.41, 5.74) is 2.01. The van der Waals surface area contributed by atoms with Crippen LogP contribution in [0, 0.1) is 5.82 Å². The van der Waals surface area contributed by atoms with Crippen LogP contribution in [0.5, 0.6) is 5.75 Å². The van der Waals surface area contributed by atoms with Crippen LogP contribution in [0.3, 0.4) is 0 Å². The number of carbonyl (C=O) groups excluding carboxylic acids is 1. The van der Waals surface area contributed by atoms with Crippen molar-refractivity contribution in [2.24, 2.45) is 0 Å². The Morgan fingerprint density at radius 2 is 2.00 bits per heavy atom. The summed E-state index contributed by atoms with van der Waals surface area (Å²) < 4.78 is 20.7. The Bertz CT molecular complexity index is 944. The largest absolute Gasteiger partial charge is 0.494 e. The number of aromatic nitrogens is 2. The highest BCUT2D eigenvalue weighted by Gasteiger charge is 2.21. The number of nitrogens with zero attached hydrogens (tertiary/aromatic N) is 3. The van der Waals surface area contributed by atoms with Crippen molar-refractivity contribution in [3.63, 3.8) is 0 Å². The van der Waals surface area contributed by atoms with Gasteiger partial charge in [0, 0.05) is 19.3 Å². The van der Waals surface area contributed by atoms with E-state index in [2.05, 4.69) is 4.98 Å². The van der Waals surface area contributed by atoms with Crippen LogP contribution in [0.1, 0.15) is 16.1 Å². The van der Waals surface area contributed by atoms with Crippen molar-refractivity contribution in [2.45, 2.75) is 11.7 Å². The molecule has 0 aliphatic heterocycles. The van der Waals surface area contributed by atoms with E-state index in [9.17, 15) is 9.18 Å². The van der Waals surface area contributed by atoms with Crippen LogP contribution in [0.25, 0.3) is 5.69 Å². The number of hydrogen-bond donors (Lipinski definition) is 0. The van der Waals surface area contributed by atoms with Gasteiger partial charge < -0.3 is 9.64 Å². The Kier molecular flexibility index (Phi) is 5.81. The molecule has 0 aliphatic carbocycles. The molecule has 140 valence electrons. The van der Waals surface area contributed by atoms with E-state index in [1.807, 2.05) is 41.2 Å². The summed E-state index contributed by atoms with van der Waals surface area (Å²) in [7, 11) is 3.10. The lowest BCUT2D eigenvalue weighted by Crippen LogP contribution is -2.28. The van der Waals surface area contributed by atoms with E-state index in [1.165, 1.54) is 24.9 Å². The fourth-order valence-electron chi connectivity index (χ4n) is 2.81. The van der Waals surface area contributed by atoms with Gasteiger partial charge in [-0.1, -0.05) is 36.0 Å². The second-order valence-corrected chi connectivity index (χ2v) is 6.70. The van der Waals surface area contributed by atoms with Crippen molar-refractivity contribution in [3.05, 3.63) is 71.8 Å². The Morgan fingerprint density at radius 1 is 1.26 bits per heavy atom. The Balaban J connectivity index is 1.87. The summed E-state index contributed by atoms with van der Waals surface area (Å²) >= 11 is 1.47. The fourth-order valence-corrected chi connectivity index (χ4v) is 3.35. The van der Waals surface area contributed by atoms with E-state index in [0.717, 1.165) is 10.8 Å². The van der Waals surface area contributed by atoms with Gasteiger partial charge in [-0.05, 0) is 36.1 Å². The molecule has 0 fully saturated rings. The molecule has 27 heavy (non-hydrogen) atoms. The molecule has 0 saturated carbocycles. The summed E-state index contributed by atoms with van der Waals surface area (Å²) in [6.45, 7) is 0.272. The minimum Gasteiger partial charge on any atom is -0.494 e. The molecule has 5 nitrogen and oxygen atoms in total. The van der Waals surface area contributed by atoms with Crippen LogP contribution >= 0.6 is 11.8 Å². The van der Waals surface area contributed by atoms with E-state index in [0.29, 0.717) is 11.3 Å². The van der Waals surface area contributed by atoms with Gasteiger partial charge in [-0.2, -0.15) is 0 Å². The number of imidazole rings is 1. The standard InChI is InChI=1S/C20H20FN3O2S/c1-23(13-14-9-10-18(26-2)16(21)11-14)19(25)17-12-22-20(27-3)24(17)15-7-5-4-6-8-15/h4-12H,13H2,1-3H3. The smallest absolute Gasteiger partial charge is 0.272 e. The SMILES string of the molecule is COc1ccc(CN(C)C(=O)c2cnc(SC)n2-c2ccccc2)cc1F. The third-order valence-electron chi connectivity index (χ3n) is 4.13. The van der Waals surface area contributed by atoms with Crippen molar-refractivity contribution in [1.82, 2.24) is 14.5 Å². The minimum atomic E-state index is -0.449. The molecule has 0 aliphatic rings. The Morgan fingerprint density at radius 3 is 2.63 bits per heavy atom. The summed E-state index contributed by atoms with van der Waals surface area (Å²) in [6, 6.07) is 14.3. The predicted octanol–water partition coefficient (Wildman–Crippen LogP) is 4.01. The van der Waals surface area contributed by atoms with Gasteiger partial charge >= 0.3 is 0 Å². The molecule has 0 spiro atoms. The molecular weight excluding hydrogens is 365 g/mol. The minimum absolute atomic E-state index is 0.180. The maximum absolute atomic E-state index is 13.9. The van der Waals surface area contributed by atoms with E-state index >= 15 is 0 Å². The number of benzene rings is 2. The van der Waals surface area contributed by atoms with Gasteiger partial charge in [0.25, 0.3) is 5.91 Å².